The number of nitrogens with zero attached hydrogens (tertiary/aromatic N) is 1. The molecule has 0 saturated carbocycles. The Kier molecular flexibility index (Phi) is 3.60. The second kappa shape index (κ2) is 5.56. The standard InChI is InChI=1S/C17H17FN2O/c1-20-9-8-12-6-7-14(11-16(12)20)19-17(21)10-13-4-2-3-5-15(13)18/h2-7,11H,8-10H2,1H3,(H,19,21). The summed E-state index contributed by atoms with van der Waals surface area (Å²) in [6.07, 6.45) is 1.08. The lowest BCUT2D eigenvalue weighted by Crippen LogP contribution is -2.16. The summed E-state index contributed by atoms with van der Waals surface area (Å²) in [4.78, 5) is 14.2. The van der Waals surface area contributed by atoms with Crippen molar-refractivity contribution in [3.8, 4) is 0 Å². The van der Waals surface area contributed by atoms with Crippen LogP contribution in [0.15, 0.2) is 42.5 Å². The Hall–Kier alpha value is -2.36. The van der Waals surface area contributed by atoms with Crippen LogP contribution in [-0.2, 0) is 17.6 Å². The minimum absolute atomic E-state index is 0.0413. The fraction of sp³-hybridized carbons (Fsp3) is 0.235. The van der Waals surface area contributed by atoms with Gasteiger partial charge in [0.05, 0.1) is 6.42 Å². The average molecular weight is 284 g/mol. The molecule has 0 radical (unpaired) electrons. The molecule has 4 heteroatoms. The molecular weight excluding hydrogens is 267 g/mol. The molecule has 0 saturated heterocycles. The molecule has 0 aliphatic carbocycles. The van der Waals surface area contributed by atoms with Gasteiger partial charge in [-0.3, -0.25) is 4.79 Å². The Morgan fingerprint density at radius 1 is 1.29 bits per heavy atom. The number of carbonyl (C=O) groups excluding carboxylic acids is 1. The third kappa shape index (κ3) is 2.89. The minimum Gasteiger partial charge on any atom is -0.374 e. The molecule has 1 N–H and O–H groups in total. The van der Waals surface area contributed by atoms with E-state index in [1.807, 2.05) is 25.2 Å². The summed E-state index contributed by atoms with van der Waals surface area (Å²) in [5.41, 5.74) is 3.61. The number of hydrogen-bond acceptors (Lipinski definition) is 2. The van der Waals surface area contributed by atoms with Crippen LogP contribution >= 0.6 is 0 Å². The first-order valence-corrected chi connectivity index (χ1v) is 7.01. The molecule has 3 rings (SSSR count). The first-order chi connectivity index (χ1) is 10.1. The van der Waals surface area contributed by atoms with Gasteiger partial charge in [-0.15, -0.1) is 0 Å². The number of carbonyl (C=O) groups is 1. The van der Waals surface area contributed by atoms with Crippen LogP contribution in [0.5, 0.6) is 0 Å². The number of amides is 1. The molecule has 0 aromatic heterocycles. The van der Waals surface area contributed by atoms with Crippen LogP contribution in [0.1, 0.15) is 11.1 Å². The molecule has 1 aliphatic heterocycles. The number of fused-ring (bicyclic) bond motifs is 1. The minimum atomic E-state index is -0.346. The van der Waals surface area contributed by atoms with Gasteiger partial charge in [0.1, 0.15) is 5.82 Å². The van der Waals surface area contributed by atoms with Gasteiger partial charge in [-0.25, -0.2) is 4.39 Å². The van der Waals surface area contributed by atoms with Crippen LogP contribution in [0.3, 0.4) is 0 Å². The molecule has 108 valence electrons. The Labute approximate surface area is 123 Å². The van der Waals surface area contributed by atoms with Crippen LogP contribution in [0.2, 0.25) is 0 Å². The van der Waals surface area contributed by atoms with Gasteiger partial charge >= 0.3 is 0 Å². The molecule has 1 heterocycles. The average Bonchev–Trinajstić information content (AvgIpc) is 2.83. The van der Waals surface area contributed by atoms with E-state index in [0.29, 0.717) is 5.56 Å². The van der Waals surface area contributed by atoms with E-state index in [2.05, 4.69) is 10.2 Å². The van der Waals surface area contributed by atoms with Gasteiger partial charge in [0.2, 0.25) is 5.91 Å². The smallest absolute Gasteiger partial charge is 0.228 e. The van der Waals surface area contributed by atoms with Crippen molar-refractivity contribution >= 4 is 17.3 Å². The van der Waals surface area contributed by atoms with E-state index >= 15 is 0 Å². The molecule has 0 fully saturated rings. The van der Waals surface area contributed by atoms with E-state index < -0.39 is 0 Å². The van der Waals surface area contributed by atoms with Crippen LogP contribution in [0, 0.1) is 5.82 Å². The van der Waals surface area contributed by atoms with Crippen LogP contribution in [0.4, 0.5) is 15.8 Å². The maximum absolute atomic E-state index is 13.5. The van der Waals surface area contributed by atoms with E-state index in [4.69, 9.17) is 0 Å². The van der Waals surface area contributed by atoms with E-state index in [1.54, 1.807) is 18.2 Å². The quantitative estimate of drug-likeness (QED) is 0.939. The maximum atomic E-state index is 13.5. The summed E-state index contributed by atoms with van der Waals surface area (Å²) in [7, 11) is 2.04. The van der Waals surface area contributed by atoms with Crippen LogP contribution < -0.4 is 10.2 Å². The van der Waals surface area contributed by atoms with E-state index in [-0.39, 0.29) is 18.1 Å². The summed E-state index contributed by atoms with van der Waals surface area (Å²) < 4.78 is 13.5. The zero-order valence-corrected chi connectivity index (χ0v) is 11.9. The molecule has 2 aromatic rings. The molecule has 3 nitrogen and oxygen atoms in total. The lowest BCUT2D eigenvalue weighted by atomic mass is 10.1. The summed E-state index contributed by atoms with van der Waals surface area (Å²) in [6, 6.07) is 12.3. The summed E-state index contributed by atoms with van der Waals surface area (Å²) in [5.74, 6) is -0.554. The molecule has 1 aliphatic rings. The molecule has 0 spiro atoms. The van der Waals surface area contributed by atoms with Crippen LogP contribution in [0.25, 0.3) is 0 Å². The highest BCUT2D eigenvalue weighted by Crippen LogP contribution is 2.29. The Morgan fingerprint density at radius 2 is 2.10 bits per heavy atom. The first kappa shape index (κ1) is 13.6. The Morgan fingerprint density at radius 3 is 2.90 bits per heavy atom. The van der Waals surface area contributed by atoms with Crippen molar-refractivity contribution in [3.05, 3.63) is 59.4 Å². The number of rotatable bonds is 3. The van der Waals surface area contributed by atoms with Gasteiger partial charge in [0.15, 0.2) is 0 Å². The largest absolute Gasteiger partial charge is 0.374 e. The van der Waals surface area contributed by atoms with Crippen molar-refractivity contribution in [1.29, 1.82) is 0 Å². The summed E-state index contributed by atoms with van der Waals surface area (Å²) in [6.45, 7) is 1.00. The van der Waals surface area contributed by atoms with E-state index in [1.165, 1.54) is 11.6 Å². The lowest BCUT2D eigenvalue weighted by Gasteiger charge is -2.13. The normalized spacial score (nSPS) is 13.1. The highest BCUT2D eigenvalue weighted by Gasteiger charge is 2.16. The lowest BCUT2D eigenvalue weighted by molar-refractivity contribution is -0.115. The highest BCUT2D eigenvalue weighted by atomic mass is 19.1. The van der Waals surface area contributed by atoms with Gasteiger partial charge in [0, 0.05) is 25.0 Å². The van der Waals surface area contributed by atoms with Crippen LogP contribution in [-0.4, -0.2) is 19.5 Å². The number of benzene rings is 2. The molecule has 0 unspecified atom stereocenters. The molecule has 2 aromatic carbocycles. The topological polar surface area (TPSA) is 32.3 Å². The predicted molar refractivity (Wildman–Crippen MR) is 82.1 cm³/mol. The number of nitrogens with one attached hydrogen (secondary N) is 1. The zero-order chi connectivity index (χ0) is 14.8. The van der Waals surface area contributed by atoms with Crippen molar-refractivity contribution in [2.75, 3.05) is 23.8 Å². The second-order valence-electron chi connectivity index (χ2n) is 5.33. The van der Waals surface area contributed by atoms with Crippen molar-refractivity contribution in [1.82, 2.24) is 0 Å². The van der Waals surface area contributed by atoms with Gasteiger partial charge < -0.3 is 10.2 Å². The predicted octanol–water partition coefficient (Wildman–Crippen LogP) is 3.00. The fourth-order valence-electron chi connectivity index (χ4n) is 2.64. The number of hydrogen-bond donors (Lipinski definition) is 1. The second-order valence-corrected chi connectivity index (χ2v) is 5.33. The number of anilines is 2. The molecule has 0 bridgehead atoms. The fourth-order valence-corrected chi connectivity index (χ4v) is 2.64. The zero-order valence-electron chi connectivity index (χ0n) is 11.9. The number of halogens is 1. The SMILES string of the molecule is CN1CCc2ccc(NC(=O)Cc3ccccc3F)cc21. The van der Waals surface area contributed by atoms with Gasteiger partial charge in [-0.05, 0) is 35.7 Å². The molecule has 0 atom stereocenters. The van der Waals surface area contributed by atoms with Crippen molar-refractivity contribution in [2.24, 2.45) is 0 Å². The van der Waals surface area contributed by atoms with Gasteiger partial charge in [-0.1, -0.05) is 24.3 Å². The van der Waals surface area contributed by atoms with E-state index in [9.17, 15) is 9.18 Å². The third-order valence-electron chi connectivity index (χ3n) is 3.81. The first-order valence-electron chi connectivity index (χ1n) is 7.01. The van der Waals surface area contributed by atoms with Crippen molar-refractivity contribution < 1.29 is 9.18 Å². The monoisotopic (exact) mass is 284 g/mol. The van der Waals surface area contributed by atoms with Gasteiger partial charge in [-0.2, -0.15) is 0 Å². The van der Waals surface area contributed by atoms with Crippen molar-refractivity contribution in [2.45, 2.75) is 12.8 Å². The highest BCUT2D eigenvalue weighted by molar-refractivity contribution is 5.93. The molecule has 1 amide bonds. The molecule has 21 heavy (non-hydrogen) atoms. The summed E-state index contributed by atoms with van der Waals surface area (Å²) in [5, 5.41) is 2.84. The van der Waals surface area contributed by atoms with Gasteiger partial charge in [0.25, 0.3) is 0 Å². The maximum Gasteiger partial charge on any atom is 0.228 e. The Bertz CT molecular complexity index is 684. The third-order valence-corrected chi connectivity index (χ3v) is 3.81. The number of likely N-dealkylation sites (N-methyl/N-ethyl adjacent to an activating group) is 1. The Balaban J connectivity index is 1.71. The molecular formula is C17H17FN2O. The van der Waals surface area contributed by atoms with Crippen molar-refractivity contribution in [3.63, 3.8) is 0 Å². The van der Waals surface area contributed by atoms with E-state index in [0.717, 1.165) is 24.3 Å². The summed E-state index contributed by atoms with van der Waals surface area (Å²) >= 11 is 0.